The van der Waals surface area contributed by atoms with Gasteiger partial charge in [0.15, 0.2) is 6.17 Å². The molecule has 1 heterocycles. The van der Waals surface area contributed by atoms with Crippen LogP contribution < -0.4 is 4.90 Å². The minimum absolute atomic E-state index is 0.257. The molecule has 4 nitrogen and oxygen atoms in total. The van der Waals surface area contributed by atoms with Crippen molar-refractivity contribution in [2.45, 2.75) is 19.5 Å². The van der Waals surface area contributed by atoms with Gasteiger partial charge in [0, 0.05) is 18.7 Å². The van der Waals surface area contributed by atoms with Crippen LogP contribution in [-0.2, 0) is 0 Å². The standard InChI is InChI=1S/C17H19N3O/c1-13-7-9-14(10-8-13)17-19(12-11-16(18)20(17)21)15-5-3-2-4-6-15/h2-10,17-18,21H,11-12H2,1H3. The molecule has 1 saturated heterocycles. The Bertz CT molecular complexity index is 624. The summed E-state index contributed by atoms with van der Waals surface area (Å²) in [6.45, 7) is 2.76. The van der Waals surface area contributed by atoms with Crippen LogP contribution in [0, 0.1) is 12.3 Å². The number of aryl methyl sites for hydroxylation is 1. The van der Waals surface area contributed by atoms with Crippen molar-refractivity contribution in [2.75, 3.05) is 11.4 Å². The molecule has 1 atom stereocenters. The zero-order valence-electron chi connectivity index (χ0n) is 12.0. The van der Waals surface area contributed by atoms with Crippen molar-refractivity contribution in [3.05, 3.63) is 65.7 Å². The van der Waals surface area contributed by atoms with Gasteiger partial charge in [-0.1, -0.05) is 48.0 Å². The number of nitrogens with one attached hydrogen (secondary N) is 1. The molecule has 2 aromatic rings. The molecule has 108 valence electrons. The van der Waals surface area contributed by atoms with E-state index in [1.165, 1.54) is 5.56 Å². The first-order valence-corrected chi connectivity index (χ1v) is 7.10. The first-order chi connectivity index (χ1) is 10.2. The van der Waals surface area contributed by atoms with Crippen molar-refractivity contribution >= 4 is 11.5 Å². The Morgan fingerprint density at radius 3 is 2.38 bits per heavy atom. The summed E-state index contributed by atoms with van der Waals surface area (Å²) in [5, 5.41) is 19.3. The Morgan fingerprint density at radius 2 is 1.71 bits per heavy atom. The lowest BCUT2D eigenvalue weighted by Crippen LogP contribution is -2.49. The van der Waals surface area contributed by atoms with E-state index in [0.717, 1.165) is 22.9 Å². The first kappa shape index (κ1) is 13.6. The Labute approximate surface area is 124 Å². The molecule has 4 heteroatoms. The minimum Gasteiger partial charge on any atom is -0.345 e. The molecule has 0 aromatic heterocycles. The molecule has 1 fully saturated rings. The van der Waals surface area contributed by atoms with Crippen LogP contribution in [0.4, 0.5) is 5.69 Å². The molecule has 3 rings (SSSR count). The van der Waals surface area contributed by atoms with Crippen LogP contribution in [0.25, 0.3) is 0 Å². The molecule has 1 unspecified atom stereocenters. The smallest absolute Gasteiger partial charge is 0.154 e. The van der Waals surface area contributed by atoms with Gasteiger partial charge < -0.3 is 4.90 Å². The lowest BCUT2D eigenvalue weighted by Gasteiger charge is -2.43. The molecule has 0 radical (unpaired) electrons. The van der Waals surface area contributed by atoms with Gasteiger partial charge in [0.05, 0.1) is 0 Å². The zero-order chi connectivity index (χ0) is 14.8. The highest BCUT2D eigenvalue weighted by molar-refractivity contribution is 5.81. The largest absolute Gasteiger partial charge is 0.345 e. The summed E-state index contributed by atoms with van der Waals surface area (Å²) >= 11 is 0. The number of para-hydroxylation sites is 1. The Balaban J connectivity index is 2.01. The van der Waals surface area contributed by atoms with Gasteiger partial charge in [-0.15, -0.1) is 0 Å². The molecule has 1 aliphatic rings. The molecule has 0 saturated carbocycles. The number of hydrogen-bond acceptors (Lipinski definition) is 3. The van der Waals surface area contributed by atoms with Crippen LogP contribution in [0.2, 0.25) is 0 Å². The number of hydrogen-bond donors (Lipinski definition) is 2. The van der Waals surface area contributed by atoms with Crippen molar-refractivity contribution in [3.8, 4) is 0 Å². The van der Waals surface area contributed by atoms with Gasteiger partial charge in [0.2, 0.25) is 0 Å². The second-order valence-electron chi connectivity index (χ2n) is 5.35. The van der Waals surface area contributed by atoms with E-state index in [1.54, 1.807) is 0 Å². The third-order valence-electron chi connectivity index (χ3n) is 3.86. The number of amidine groups is 1. The molecule has 1 aliphatic heterocycles. The van der Waals surface area contributed by atoms with Gasteiger partial charge in [-0.05, 0) is 24.6 Å². The maximum atomic E-state index is 10.4. The van der Waals surface area contributed by atoms with Crippen LogP contribution in [0.5, 0.6) is 0 Å². The fraction of sp³-hybridized carbons (Fsp3) is 0.235. The number of nitrogens with zero attached hydrogens (tertiary/aromatic N) is 2. The number of anilines is 1. The predicted octanol–water partition coefficient (Wildman–Crippen LogP) is 3.57. The van der Waals surface area contributed by atoms with Crippen LogP contribution in [0.15, 0.2) is 54.6 Å². The highest BCUT2D eigenvalue weighted by Gasteiger charge is 2.32. The molecular formula is C17H19N3O. The van der Waals surface area contributed by atoms with Crippen LogP contribution in [0.1, 0.15) is 23.7 Å². The van der Waals surface area contributed by atoms with Gasteiger partial charge in [-0.3, -0.25) is 10.6 Å². The normalized spacial score (nSPS) is 19.0. The average molecular weight is 281 g/mol. The fourth-order valence-electron chi connectivity index (χ4n) is 2.69. The van der Waals surface area contributed by atoms with Gasteiger partial charge >= 0.3 is 0 Å². The van der Waals surface area contributed by atoms with Crippen LogP contribution in [0.3, 0.4) is 0 Å². The second-order valence-corrected chi connectivity index (χ2v) is 5.35. The van der Waals surface area contributed by atoms with Crippen molar-refractivity contribution in [2.24, 2.45) is 0 Å². The molecule has 0 aliphatic carbocycles. The van der Waals surface area contributed by atoms with E-state index < -0.39 is 0 Å². The highest BCUT2D eigenvalue weighted by Crippen LogP contribution is 2.33. The summed E-state index contributed by atoms with van der Waals surface area (Å²) in [7, 11) is 0. The molecule has 2 aromatic carbocycles. The van der Waals surface area contributed by atoms with Gasteiger partial charge in [0.25, 0.3) is 0 Å². The van der Waals surface area contributed by atoms with Gasteiger partial charge in [-0.2, -0.15) is 0 Å². The minimum atomic E-state index is -0.353. The van der Waals surface area contributed by atoms with E-state index in [1.807, 2.05) is 61.5 Å². The number of hydroxylamine groups is 2. The first-order valence-electron chi connectivity index (χ1n) is 7.10. The second kappa shape index (κ2) is 5.58. The third kappa shape index (κ3) is 2.62. The van der Waals surface area contributed by atoms with E-state index in [4.69, 9.17) is 5.41 Å². The van der Waals surface area contributed by atoms with Crippen molar-refractivity contribution in [1.29, 1.82) is 5.41 Å². The van der Waals surface area contributed by atoms with Crippen LogP contribution >= 0.6 is 0 Å². The van der Waals surface area contributed by atoms with E-state index in [9.17, 15) is 5.21 Å². The monoisotopic (exact) mass is 281 g/mol. The lowest BCUT2D eigenvalue weighted by molar-refractivity contribution is -0.0654. The molecule has 2 N–H and O–H groups in total. The summed E-state index contributed by atoms with van der Waals surface area (Å²) < 4.78 is 0. The highest BCUT2D eigenvalue weighted by atomic mass is 16.5. The molecule has 0 amide bonds. The SMILES string of the molecule is Cc1ccc(C2N(O)C(=N)CCN2c2ccccc2)cc1. The quantitative estimate of drug-likeness (QED) is 0.884. The van der Waals surface area contributed by atoms with E-state index in [-0.39, 0.29) is 12.0 Å². The summed E-state index contributed by atoms with van der Waals surface area (Å²) in [5.41, 5.74) is 3.21. The third-order valence-corrected chi connectivity index (χ3v) is 3.86. The maximum Gasteiger partial charge on any atom is 0.154 e. The Hall–Kier alpha value is -2.33. The fourth-order valence-corrected chi connectivity index (χ4v) is 2.69. The van der Waals surface area contributed by atoms with E-state index in [2.05, 4.69) is 4.90 Å². The predicted molar refractivity (Wildman–Crippen MR) is 83.7 cm³/mol. The summed E-state index contributed by atoms with van der Waals surface area (Å²) in [6.07, 6.45) is 0.183. The van der Waals surface area contributed by atoms with Crippen LogP contribution in [-0.4, -0.2) is 22.7 Å². The van der Waals surface area contributed by atoms with Crippen molar-refractivity contribution in [1.82, 2.24) is 5.06 Å². The number of benzene rings is 2. The maximum absolute atomic E-state index is 10.4. The summed E-state index contributed by atoms with van der Waals surface area (Å²) in [5.74, 6) is 0.257. The molecule has 0 spiro atoms. The van der Waals surface area contributed by atoms with E-state index >= 15 is 0 Å². The van der Waals surface area contributed by atoms with Crippen molar-refractivity contribution < 1.29 is 5.21 Å². The molecule has 0 bridgehead atoms. The van der Waals surface area contributed by atoms with Crippen molar-refractivity contribution in [3.63, 3.8) is 0 Å². The van der Waals surface area contributed by atoms with E-state index in [0.29, 0.717) is 6.42 Å². The topological polar surface area (TPSA) is 50.6 Å². The van der Waals surface area contributed by atoms with Gasteiger partial charge in [-0.25, -0.2) is 5.06 Å². The Morgan fingerprint density at radius 1 is 1.05 bits per heavy atom. The Kier molecular flexibility index (Phi) is 3.62. The van der Waals surface area contributed by atoms with Gasteiger partial charge in [0.1, 0.15) is 5.84 Å². The summed E-state index contributed by atoms with van der Waals surface area (Å²) in [6, 6.07) is 18.1. The zero-order valence-corrected chi connectivity index (χ0v) is 12.0. The number of rotatable bonds is 2. The lowest BCUT2D eigenvalue weighted by atomic mass is 10.1. The summed E-state index contributed by atoms with van der Waals surface area (Å²) in [4.78, 5) is 2.13. The molecular weight excluding hydrogens is 262 g/mol. The average Bonchev–Trinajstić information content (AvgIpc) is 2.52. The molecule has 21 heavy (non-hydrogen) atoms.